The summed E-state index contributed by atoms with van der Waals surface area (Å²) in [6.07, 6.45) is 0.0133. The molecule has 2 aromatic carbocycles. The maximum Gasteiger partial charge on any atom is 0.307 e. The first-order valence-electron chi connectivity index (χ1n) is 7.21. The van der Waals surface area contributed by atoms with Crippen molar-refractivity contribution in [2.24, 2.45) is 0 Å². The van der Waals surface area contributed by atoms with Gasteiger partial charge in [0.15, 0.2) is 0 Å². The van der Waals surface area contributed by atoms with Crippen LogP contribution in [0.15, 0.2) is 60.7 Å². The Labute approximate surface area is 129 Å². The van der Waals surface area contributed by atoms with Crippen molar-refractivity contribution < 1.29 is 9.90 Å². The molecule has 2 N–H and O–H groups in total. The molecule has 1 heterocycles. The molecular weight excluding hydrogens is 274 g/mol. The van der Waals surface area contributed by atoms with E-state index in [0.29, 0.717) is 0 Å². The van der Waals surface area contributed by atoms with Crippen molar-refractivity contribution in [3.8, 4) is 22.4 Å². The maximum atomic E-state index is 11.2. The molecular formula is C19H17NO2. The predicted molar refractivity (Wildman–Crippen MR) is 87.7 cm³/mol. The van der Waals surface area contributed by atoms with Crippen molar-refractivity contribution >= 4 is 5.97 Å². The number of aryl methyl sites for hydroxylation is 1. The zero-order chi connectivity index (χ0) is 15.5. The Morgan fingerprint density at radius 2 is 1.50 bits per heavy atom. The Morgan fingerprint density at radius 1 is 0.955 bits per heavy atom. The highest BCUT2D eigenvalue weighted by molar-refractivity contribution is 5.87. The first kappa shape index (κ1) is 14.1. The van der Waals surface area contributed by atoms with Crippen molar-refractivity contribution in [2.75, 3.05) is 0 Å². The van der Waals surface area contributed by atoms with E-state index >= 15 is 0 Å². The van der Waals surface area contributed by atoms with E-state index in [1.807, 2.05) is 67.6 Å². The second kappa shape index (κ2) is 5.90. The van der Waals surface area contributed by atoms with Gasteiger partial charge in [0.25, 0.3) is 0 Å². The lowest BCUT2D eigenvalue weighted by Crippen LogP contribution is -2.01. The van der Waals surface area contributed by atoms with Gasteiger partial charge in [-0.3, -0.25) is 4.79 Å². The quantitative estimate of drug-likeness (QED) is 0.753. The van der Waals surface area contributed by atoms with Crippen molar-refractivity contribution in [3.05, 3.63) is 71.9 Å². The fourth-order valence-electron chi connectivity index (χ4n) is 2.78. The highest BCUT2D eigenvalue weighted by Crippen LogP contribution is 2.36. The number of aromatic amines is 1. The second-order valence-corrected chi connectivity index (χ2v) is 5.28. The summed E-state index contributed by atoms with van der Waals surface area (Å²) < 4.78 is 0. The van der Waals surface area contributed by atoms with Gasteiger partial charge in [0.2, 0.25) is 0 Å². The lowest BCUT2D eigenvalue weighted by molar-refractivity contribution is -0.136. The van der Waals surface area contributed by atoms with Gasteiger partial charge in [-0.1, -0.05) is 60.7 Å². The van der Waals surface area contributed by atoms with Crippen molar-refractivity contribution in [1.29, 1.82) is 0 Å². The third-order valence-electron chi connectivity index (χ3n) is 3.77. The third-order valence-corrected chi connectivity index (χ3v) is 3.77. The van der Waals surface area contributed by atoms with Gasteiger partial charge in [0, 0.05) is 11.3 Å². The molecule has 0 aliphatic rings. The Kier molecular flexibility index (Phi) is 3.79. The van der Waals surface area contributed by atoms with Gasteiger partial charge in [-0.25, -0.2) is 0 Å². The third kappa shape index (κ3) is 2.66. The van der Waals surface area contributed by atoms with Crippen LogP contribution in [-0.2, 0) is 11.2 Å². The normalized spacial score (nSPS) is 10.6. The number of carbonyl (C=O) groups is 1. The van der Waals surface area contributed by atoms with Crippen LogP contribution in [0.1, 0.15) is 11.3 Å². The highest BCUT2D eigenvalue weighted by atomic mass is 16.4. The molecule has 0 aliphatic carbocycles. The van der Waals surface area contributed by atoms with E-state index in [2.05, 4.69) is 4.98 Å². The molecule has 0 saturated carbocycles. The smallest absolute Gasteiger partial charge is 0.307 e. The lowest BCUT2D eigenvalue weighted by atomic mass is 9.95. The summed E-state index contributed by atoms with van der Waals surface area (Å²) in [5, 5.41) is 9.23. The monoisotopic (exact) mass is 291 g/mol. The van der Waals surface area contributed by atoms with Gasteiger partial charge >= 0.3 is 5.97 Å². The Hall–Kier alpha value is -2.81. The molecule has 0 spiro atoms. The lowest BCUT2D eigenvalue weighted by Gasteiger charge is -2.07. The van der Waals surface area contributed by atoms with Gasteiger partial charge in [-0.2, -0.15) is 0 Å². The number of H-pyrrole nitrogens is 1. The van der Waals surface area contributed by atoms with Gasteiger partial charge in [-0.05, 0) is 23.6 Å². The number of benzene rings is 2. The Morgan fingerprint density at radius 3 is 2.05 bits per heavy atom. The van der Waals surface area contributed by atoms with E-state index in [1.165, 1.54) is 0 Å². The molecule has 3 aromatic rings. The fraction of sp³-hybridized carbons (Fsp3) is 0.105. The number of rotatable bonds is 4. The van der Waals surface area contributed by atoms with Crippen molar-refractivity contribution in [3.63, 3.8) is 0 Å². The van der Waals surface area contributed by atoms with Gasteiger partial charge in [-0.15, -0.1) is 0 Å². The van der Waals surface area contributed by atoms with E-state index in [-0.39, 0.29) is 6.42 Å². The molecule has 0 radical (unpaired) electrons. The second-order valence-electron chi connectivity index (χ2n) is 5.28. The molecule has 3 nitrogen and oxygen atoms in total. The fourth-order valence-corrected chi connectivity index (χ4v) is 2.78. The molecule has 0 fully saturated rings. The van der Waals surface area contributed by atoms with E-state index < -0.39 is 5.97 Å². The minimum absolute atomic E-state index is 0.0133. The van der Waals surface area contributed by atoms with E-state index in [1.54, 1.807) is 0 Å². The number of carboxylic acids is 1. The SMILES string of the molecule is Cc1[nH]c(-c2ccccc2)c(-c2ccccc2)c1CC(=O)O. The van der Waals surface area contributed by atoms with Crippen LogP contribution in [0.3, 0.4) is 0 Å². The van der Waals surface area contributed by atoms with Crippen LogP contribution in [0.2, 0.25) is 0 Å². The molecule has 1 aromatic heterocycles. The minimum atomic E-state index is -0.820. The summed E-state index contributed by atoms with van der Waals surface area (Å²) in [5.41, 5.74) is 5.79. The van der Waals surface area contributed by atoms with Crippen LogP contribution in [0.5, 0.6) is 0 Å². The molecule has 22 heavy (non-hydrogen) atoms. The van der Waals surface area contributed by atoms with E-state index in [0.717, 1.165) is 33.6 Å². The highest BCUT2D eigenvalue weighted by Gasteiger charge is 2.19. The molecule has 0 aliphatic heterocycles. The zero-order valence-electron chi connectivity index (χ0n) is 12.3. The number of aromatic nitrogens is 1. The number of hydrogen-bond donors (Lipinski definition) is 2. The van der Waals surface area contributed by atoms with Crippen LogP contribution in [0.4, 0.5) is 0 Å². The van der Waals surface area contributed by atoms with Crippen molar-refractivity contribution in [2.45, 2.75) is 13.3 Å². The summed E-state index contributed by atoms with van der Waals surface area (Å²) in [6.45, 7) is 1.93. The Balaban J connectivity index is 2.25. The van der Waals surface area contributed by atoms with Gasteiger partial charge in [0.05, 0.1) is 12.1 Å². The summed E-state index contributed by atoms with van der Waals surface area (Å²) >= 11 is 0. The molecule has 0 unspecified atom stereocenters. The largest absolute Gasteiger partial charge is 0.481 e. The number of nitrogens with one attached hydrogen (secondary N) is 1. The minimum Gasteiger partial charge on any atom is -0.481 e. The van der Waals surface area contributed by atoms with Crippen LogP contribution in [0, 0.1) is 6.92 Å². The van der Waals surface area contributed by atoms with Crippen LogP contribution in [-0.4, -0.2) is 16.1 Å². The molecule has 0 atom stereocenters. The van der Waals surface area contributed by atoms with E-state index in [4.69, 9.17) is 0 Å². The standard InChI is InChI=1S/C19H17NO2/c1-13-16(12-17(21)22)18(14-8-4-2-5-9-14)19(20-13)15-10-6-3-7-11-15/h2-11,20H,12H2,1H3,(H,21,22). The summed E-state index contributed by atoms with van der Waals surface area (Å²) in [4.78, 5) is 14.6. The van der Waals surface area contributed by atoms with Gasteiger partial charge in [0.1, 0.15) is 0 Å². The van der Waals surface area contributed by atoms with Crippen molar-refractivity contribution in [1.82, 2.24) is 4.98 Å². The number of hydrogen-bond acceptors (Lipinski definition) is 1. The molecule has 0 amide bonds. The molecule has 0 saturated heterocycles. The topological polar surface area (TPSA) is 53.1 Å². The van der Waals surface area contributed by atoms with Gasteiger partial charge < -0.3 is 10.1 Å². The predicted octanol–water partition coefficient (Wildman–Crippen LogP) is 4.28. The maximum absolute atomic E-state index is 11.2. The average Bonchev–Trinajstić information content (AvgIpc) is 2.85. The first-order chi connectivity index (χ1) is 10.7. The molecule has 0 bridgehead atoms. The summed E-state index contributed by atoms with van der Waals surface area (Å²) in [5.74, 6) is -0.820. The van der Waals surface area contributed by atoms with Crippen LogP contribution >= 0.6 is 0 Å². The Bertz CT molecular complexity index is 789. The van der Waals surface area contributed by atoms with Crippen LogP contribution < -0.4 is 0 Å². The first-order valence-corrected chi connectivity index (χ1v) is 7.21. The zero-order valence-corrected chi connectivity index (χ0v) is 12.3. The summed E-state index contributed by atoms with van der Waals surface area (Å²) in [7, 11) is 0. The van der Waals surface area contributed by atoms with Crippen LogP contribution in [0.25, 0.3) is 22.4 Å². The molecule has 110 valence electrons. The average molecular weight is 291 g/mol. The molecule has 3 heteroatoms. The number of carboxylic acid groups (broad SMARTS) is 1. The number of aliphatic carboxylic acids is 1. The summed E-state index contributed by atoms with van der Waals surface area (Å²) in [6, 6.07) is 19.9. The van der Waals surface area contributed by atoms with E-state index in [9.17, 15) is 9.90 Å². The molecule has 3 rings (SSSR count).